The van der Waals surface area contributed by atoms with Gasteiger partial charge in [-0.25, -0.2) is 0 Å². The Morgan fingerprint density at radius 1 is 0.974 bits per heavy atom. The van der Waals surface area contributed by atoms with Gasteiger partial charge in [0.25, 0.3) is 0 Å². The lowest BCUT2D eigenvalue weighted by Gasteiger charge is -2.19. The zero-order valence-electron chi connectivity index (χ0n) is 23.4. The van der Waals surface area contributed by atoms with Crippen molar-refractivity contribution in [1.82, 2.24) is 5.16 Å². The summed E-state index contributed by atoms with van der Waals surface area (Å²) in [5.41, 5.74) is 8.01. The van der Waals surface area contributed by atoms with E-state index in [9.17, 15) is 9.90 Å². The van der Waals surface area contributed by atoms with Gasteiger partial charge in [0.1, 0.15) is 0 Å². The number of aliphatic hydroxyl groups is 1. The van der Waals surface area contributed by atoms with Gasteiger partial charge in [-0.2, -0.15) is 11.8 Å². The Hall–Kier alpha value is -3.35. The van der Waals surface area contributed by atoms with Crippen molar-refractivity contribution >= 4 is 17.7 Å². The van der Waals surface area contributed by atoms with Gasteiger partial charge in [0, 0.05) is 17.1 Å². The molecule has 0 amide bonds. The SMILES string of the molecule is CCOC(=O)Cc1ccc(-c2ccc(-c3onc(C)c3C(O)CSCc3cccc(C(C)(C)C)c3)cc2)cc1. The van der Waals surface area contributed by atoms with Crippen LogP contribution in [0.15, 0.2) is 77.3 Å². The van der Waals surface area contributed by atoms with Crippen molar-refractivity contribution in [3.8, 4) is 22.5 Å². The number of nitrogens with zero attached hydrogens (tertiary/aromatic N) is 1. The first-order chi connectivity index (χ1) is 18.7. The molecule has 4 aromatic rings. The Labute approximate surface area is 235 Å². The van der Waals surface area contributed by atoms with E-state index in [-0.39, 0.29) is 17.8 Å². The minimum Gasteiger partial charge on any atom is -0.466 e. The molecule has 3 aromatic carbocycles. The summed E-state index contributed by atoms with van der Waals surface area (Å²) in [5.74, 6) is 1.76. The number of ether oxygens (including phenoxy) is 1. The standard InChI is InChI=1S/C33H37NO4S/c1-6-37-30(36)19-23-10-12-25(13-11-23)26-14-16-27(17-15-26)32-31(22(2)34-38-32)29(35)21-39-20-24-8-7-9-28(18-24)33(3,4)5/h7-18,29,35H,6,19-21H2,1-5H3. The highest BCUT2D eigenvalue weighted by atomic mass is 32.2. The third-order valence-corrected chi connectivity index (χ3v) is 7.76. The van der Waals surface area contributed by atoms with Crippen molar-refractivity contribution in [2.75, 3.05) is 12.4 Å². The predicted octanol–water partition coefficient (Wildman–Crippen LogP) is 7.69. The molecule has 0 aliphatic heterocycles. The zero-order chi connectivity index (χ0) is 28.0. The number of aromatic nitrogens is 1. The molecule has 1 atom stereocenters. The fourth-order valence-corrected chi connectivity index (χ4v) is 5.41. The lowest BCUT2D eigenvalue weighted by molar-refractivity contribution is -0.142. The minimum absolute atomic E-state index is 0.109. The maximum absolute atomic E-state index is 11.7. The van der Waals surface area contributed by atoms with E-state index < -0.39 is 6.10 Å². The van der Waals surface area contributed by atoms with Gasteiger partial charge in [0.15, 0.2) is 5.76 Å². The Bertz CT molecular complexity index is 1380. The fraction of sp³-hybridized carbons (Fsp3) is 0.333. The van der Waals surface area contributed by atoms with Crippen LogP contribution >= 0.6 is 11.8 Å². The molecule has 0 spiro atoms. The molecule has 204 valence electrons. The van der Waals surface area contributed by atoms with Crippen LogP contribution < -0.4 is 0 Å². The molecule has 0 radical (unpaired) electrons. The topological polar surface area (TPSA) is 72.6 Å². The summed E-state index contributed by atoms with van der Waals surface area (Å²) in [5, 5.41) is 15.3. The summed E-state index contributed by atoms with van der Waals surface area (Å²) in [6, 6.07) is 24.6. The number of hydrogen-bond acceptors (Lipinski definition) is 6. The highest BCUT2D eigenvalue weighted by molar-refractivity contribution is 7.98. The molecule has 0 saturated heterocycles. The summed E-state index contributed by atoms with van der Waals surface area (Å²) < 4.78 is 10.7. The Kier molecular flexibility index (Phi) is 9.31. The van der Waals surface area contributed by atoms with Crippen LogP contribution in [0.25, 0.3) is 22.5 Å². The first-order valence-electron chi connectivity index (χ1n) is 13.3. The smallest absolute Gasteiger partial charge is 0.310 e. The molecule has 0 fully saturated rings. The van der Waals surface area contributed by atoms with Gasteiger partial charge in [-0.3, -0.25) is 4.79 Å². The zero-order valence-corrected chi connectivity index (χ0v) is 24.2. The quantitative estimate of drug-likeness (QED) is 0.207. The molecule has 0 saturated carbocycles. The molecule has 0 aliphatic carbocycles. The van der Waals surface area contributed by atoms with Crippen LogP contribution in [-0.2, 0) is 27.1 Å². The van der Waals surface area contributed by atoms with Gasteiger partial charge in [-0.15, -0.1) is 0 Å². The van der Waals surface area contributed by atoms with E-state index >= 15 is 0 Å². The van der Waals surface area contributed by atoms with Gasteiger partial charge in [-0.1, -0.05) is 98.7 Å². The van der Waals surface area contributed by atoms with Crippen LogP contribution in [-0.4, -0.2) is 28.6 Å². The van der Waals surface area contributed by atoms with E-state index in [1.165, 1.54) is 11.1 Å². The first kappa shape index (κ1) is 28.7. The molecule has 0 bridgehead atoms. The molecular formula is C33H37NO4S. The second kappa shape index (κ2) is 12.7. The lowest BCUT2D eigenvalue weighted by atomic mass is 9.86. The van der Waals surface area contributed by atoms with Crippen LogP contribution in [0.3, 0.4) is 0 Å². The van der Waals surface area contributed by atoms with Crippen molar-refractivity contribution < 1.29 is 19.2 Å². The number of hydrogen-bond donors (Lipinski definition) is 1. The van der Waals surface area contributed by atoms with Crippen molar-refractivity contribution in [1.29, 1.82) is 0 Å². The van der Waals surface area contributed by atoms with E-state index in [1.807, 2.05) is 62.4 Å². The Morgan fingerprint density at radius 2 is 1.62 bits per heavy atom. The van der Waals surface area contributed by atoms with Crippen LogP contribution in [0, 0.1) is 6.92 Å². The van der Waals surface area contributed by atoms with Gasteiger partial charge in [0.05, 0.1) is 30.4 Å². The monoisotopic (exact) mass is 543 g/mol. The summed E-state index contributed by atoms with van der Waals surface area (Å²) in [6.07, 6.45) is -0.418. The number of carbonyl (C=O) groups is 1. The first-order valence-corrected chi connectivity index (χ1v) is 14.5. The van der Waals surface area contributed by atoms with Gasteiger partial charge in [-0.05, 0) is 47.1 Å². The maximum Gasteiger partial charge on any atom is 0.310 e. The van der Waals surface area contributed by atoms with E-state index in [0.717, 1.165) is 33.6 Å². The minimum atomic E-state index is -0.686. The molecule has 1 aromatic heterocycles. The van der Waals surface area contributed by atoms with Crippen LogP contribution in [0.5, 0.6) is 0 Å². The van der Waals surface area contributed by atoms with Gasteiger partial charge >= 0.3 is 5.97 Å². The molecule has 1 heterocycles. The number of carbonyl (C=O) groups excluding carboxylic acids is 1. The molecule has 6 heteroatoms. The summed E-state index contributed by atoms with van der Waals surface area (Å²) >= 11 is 1.70. The third-order valence-electron chi connectivity index (χ3n) is 6.67. The number of esters is 1. The normalized spacial score (nSPS) is 12.4. The number of thioether (sulfide) groups is 1. The third kappa shape index (κ3) is 7.40. The van der Waals surface area contributed by atoms with E-state index in [2.05, 4.69) is 50.2 Å². The number of benzene rings is 3. The van der Waals surface area contributed by atoms with E-state index in [0.29, 0.717) is 23.8 Å². The highest BCUT2D eigenvalue weighted by Crippen LogP contribution is 2.34. The van der Waals surface area contributed by atoms with E-state index in [4.69, 9.17) is 9.26 Å². The van der Waals surface area contributed by atoms with Crippen molar-refractivity contribution in [3.05, 3.63) is 101 Å². The predicted molar refractivity (Wildman–Crippen MR) is 159 cm³/mol. The molecule has 5 nitrogen and oxygen atoms in total. The number of aliphatic hydroxyl groups excluding tert-OH is 1. The summed E-state index contributed by atoms with van der Waals surface area (Å²) in [7, 11) is 0. The molecule has 1 unspecified atom stereocenters. The molecule has 4 rings (SSSR count). The number of aryl methyl sites for hydroxylation is 1. The fourth-order valence-electron chi connectivity index (χ4n) is 4.48. The van der Waals surface area contributed by atoms with Crippen LogP contribution in [0.2, 0.25) is 0 Å². The van der Waals surface area contributed by atoms with Crippen LogP contribution in [0.4, 0.5) is 0 Å². The average Bonchev–Trinajstić information content (AvgIpc) is 3.30. The van der Waals surface area contributed by atoms with Crippen molar-refractivity contribution in [2.45, 2.75) is 58.3 Å². The van der Waals surface area contributed by atoms with Crippen LogP contribution in [0.1, 0.15) is 61.7 Å². The van der Waals surface area contributed by atoms with E-state index in [1.54, 1.807) is 11.8 Å². The average molecular weight is 544 g/mol. The Balaban J connectivity index is 1.42. The second-order valence-corrected chi connectivity index (χ2v) is 11.8. The molecule has 0 aliphatic rings. The second-order valence-electron chi connectivity index (χ2n) is 10.7. The van der Waals surface area contributed by atoms with Gasteiger partial charge < -0.3 is 14.4 Å². The van der Waals surface area contributed by atoms with Crippen molar-refractivity contribution in [3.63, 3.8) is 0 Å². The molecule has 39 heavy (non-hydrogen) atoms. The number of rotatable bonds is 10. The lowest BCUT2D eigenvalue weighted by Crippen LogP contribution is -2.11. The Morgan fingerprint density at radius 3 is 2.26 bits per heavy atom. The largest absolute Gasteiger partial charge is 0.466 e. The van der Waals surface area contributed by atoms with Crippen molar-refractivity contribution in [2.24, 2.45) is 0 Å². The highest BCUT2D eigenvalue weighted by Gasteiger charge is 2.22. The summed E-state index contributed by atoms with van der Waals surface area (Å²) in [4.78, 5) is 11.7. The molecular weight excluding hydrogens is 506 g/mol. The van der Waals surface area contributed by atoms with Gasteiger partial charge in [0.2, 0.25) is 0 Å². The summed E-state index contributed by atoms with van der Waals surface area (Å²) in [6.45, 7) is 10.7. The maximum atomic E-state index is 11.7. The molecule has 1 N–H and O–H groups in total.